The number of nitrogens with one attached hydrogen (secondary N) is 1. The number of hydrogen-bond donors (Lipinski definition) is 1. The zero-order valence-electron chi connectivity index (χ0n) is 15.7. The average Bonchev–Trinajstić information content (AvgIpc) is 2.97. The van der Waals surface area contributed by atoms with E-state index in [9.17, 15) is 4.79 Å². The van der Waals surface area contributed by atoms with Crippen LogP contribution in [0.3, 0.4) is 0 Å². The largest absolute Gasteiger partial charge is 0.497 e. The number of hydrogen-bond acceptors (Lipinski definition) is 4. The van der Waals surface area contributed by atoms with Crippen LogP contribution < -0.4 is 15.0 Å². The maximum Gasteiger partial charge on any atom is 0.282 e. The van der Waals surface area contributed by atoms with Crippen molar-refractivity contribution >= 4 is 10.9 Å². The average molecular weight is 324 g/mol. The predicted molar refractivity (Wildman–Crippen MR) is 91.4 cm³/mol. The summed E-state index contributed by atoms with van der Waals surface area (Å²) in [5, 5.41) is 5.26. The predicted octanol–water partition coefficient (Wildman–Crippen LogP) is 2.84. The molecule has 0 aliphatic carbocycles. The summed E-state index contributed by atoms with van der Waals surface area (Å²) in [6.45, 7) is 0. The molecule has 0 spiro atoms. The first kappa shape index (κ1) is 11.3. The number of aromatic amines is 1. The van der Waals surface area contributed by atoms with Gasteiger partial charge in [0.2, 0.25) is 0 Å². The first-order valence-corrected chi connectivity index (χ1v) is 7.23. The number of benzene rings is 2. The molecule has 0 atom stereocenters. The Morgan fingerprint density at radius 2 is 1.92 bits per heavy atom. The summed E-state index contributed by atoms with van der Waals surface area (Å²) >= 11 is 0. The summed E-state index contributed by atoms with van der Waals surface area (Å²) < 4.78 is 32.7. The van der Waals surface area contributed by atoms with Gasteiger partial charge in [0.1, 0.15) is 17.2 Å². The van der Waals surface area contributed by atoms with Gasteiger partial charge in [0.25, 0.3) is 5.56 Å². The number of pyridine rings is 1. The fraction of sp³-hybridized carbons (Fsp3) is 0.111. The second-order valence-corrected chi connectivity index (χ2v) is 5.28. The van der Waals surface area contributed by atoms with Crippen molar-refractivity contribution in [3.63, 3.8) is 0 Å². The summed E-state index contributed by atoms with van der Waals surface area (Å²) in [6, 6.07) is 11.6. The lowest BCUT2D eigenvalue weighted by molar-refractivity contribution is 0.414. The summed E-state index contributed by atoms with van der Waals surface area (Å²) in [7, 11) is -0.939. The minimum atomic E-state index is -2.53. The first-order valence-electron chi connectivity index (χ1n) is 8.73. The van der Waals surface area contributed by atoms with Gasteiger partial charge in [0.05, 0.1) is 35.0 Å². The van der Waals surface area contributed by atoms with Crippen LogP contribution >= 0.6 is 0 Å². The number of fused-ring (bicyclic) bond motifs is 3. The molecule has 4 rings (SSSR count). The number of methoxy groups -OCH3 is 2. The Balaban J connectivity index is 1.81. The van der Waals surface area contributed by atoms with Crippen molar-refractivity contribution in [1.29, 1.82) is 0 Å². The molecule has 2 aromatic rings. The van der Waals surface area contributed by atoms with Gasteiger partial charge in [-0.2, -0.15) is 9.78 Å². The zero-order valence-corrected chi connectivity index (χ0v) is 12.7. The molecule has 120 valence electrons. The Morgan fingerprint density at radius 1 is 1.12 bits per heavy atom. The molecule has 0 fully saturated rings. The third kappa shape index (κ3) is 2.11. The Hall–Kier alpha value is -3.28. The third-order valence-corrected chi connectivity index (χ3v) is 3.93. The van der Waals surface area contributed by atoms with Crippen LogP contribution in [0, 0.1) is 0 Å². The van der Waals surface area contributed by atoms with E-state index in [2.05, 4.69) is 10.1 Å². The van der Waals surface area contributed by atoms with Gasteiger partial charge in [-0.3, -0.25) is 4.79 Å². The highest BCUT2D eigenvalue weighted by Crippen LogP contribution is 2.28. The fourth-order valence-corrected chi connectivity index (χ4v) is 2.70. The lowest BCUT2D eigenvalue weighted by atomic mass is 10.1. The van der Waals surface area contributed by atoms with Crippen molar-refractivity contribution in [2.24, 2.45) is 0 Å². The molecule has 6 heteroatoms. The van der Waals surface area contributed by atoms with E-state index in [0.29, 0.717) is 22.7 Å². The Kier molecular flexibility index (Phi) is 2.55. The molecule has 0 bridgehead atoms. The van der Waals surface area contributed by atoms with Crippen LogP contribution in [0.25, 0.3) is 27.8 Å². The molecule has 2 heterocycles. The summed E-state index contributed by atoms with van der Waals surface area (Å²) in [5.41, 5.74) is 2.06. The normalized spacial score (nSPS) is 13.5. The van der Waals surface area contributed by atoms with E-state index in [1.165, 1.54) is 16.8 Å². The number of H-pyrrole nitrogens is 1. The number of nitrogens with zero attached hydrogens (tertiary/aromatic N) is 2. The third-order valence-electron chi connectivity index (χ3n) is 3.93. The van der Waals surface area contributed by atoms with E-state index in [0.717, 1.165) is 10.9 Å². The van der Waals surface area contributed by atoms with Crippen LogP contribution in [0.15, 0.2) is 53.5 Å². The van der Waals surface area contributed by atoms with E-state index in [1.807, 2.05) is 12.1 Å². The molecule has 0 amide bonds. The molecular formula is C18H15N3O3. The summed E-state index contributed by atoms with van der Waals surface area (Å²) in [4.78, 5) is 15.8. The van der Waals surface area contributed by atoms with E-state index >= 15 is 0 Å². The topological polar surface area (TPSA) is 69.1 Å². The van der Waals surface area contributed by atoms with Gasteiger partial charge >= 0.3 is 0 Å². The second-order valence-electron chi connectivity index (χ2n) is 5.28. The van der Waals surface area contributed by atoms with Crippen LogP contribution in [-0.2, 0) is 0 Å². The quantitative estimate of drug-likeness (QED) is 0.629. The van der Waals surface area contributed by atoms with Crippen LogP contribution in [-0.4, -0.2) is 28.9 Å². The van der Waals surface area contributed by atoms with Crippen LogP contribution in [0.1, 0.15) is 4.11 Å². The maximum atomic E-state index is 12.7. The molecule has 2 aliphatic rings. The van der Waals surface area contributed by atoms with E-state index in [4.69, 9.17) is 13.6 Å². The molecule has 1 N–H and O–H groups in total. The Bertz CT molecular complexity index is 1150. The molecule has 0 aromatic heterocycles. The van der Waals surface area contributed by atoms with E-state index < -0.39 is 7.04 Å². The molecule has 0 radical (unpaired) electrons. The minimum Gasteiger partial charge on any atom is -0.497 e. The summed E-state index contributed by atoms with van der Waals surface area (Å²) in [6.07, 6.45) is 1.62. The molecule has 2 aliphatic heterocycles. The first-order chi connectivity index (χ1) is 12.9. The van der Waals surface area contributed by atoms with Crippen molar-refractivity contribution in [1.82, 2.24) is 14.8 Å². The van der Waals surface area contributed by atoms with Crippen LogP contribution in [0.5, 0.6) is 11.5 Å². The molecular weight excluding hydrogens is 306 g/mol. The van der Waals surface area contributed by atoms with Crippen molar-refractivity contribution in [2.75, 3.05) is 14.1 Å². The van der Waals surface area contributed by atoms with Crippen molar-refractivity contribution in [3.8, 4) is 28.4 Å². The molecule has 0 saturated carbocycles. The van der Waals surface area contributed by atoms with E-state index in [1.54, 1.807) is 31.5 Å². The molecule has 0 unspecified atom stereocenters. The maximum absolute atomic E-state index is 12.7. The van der Waals surface area contributed by atoms with Gasteiger partial charge in [-0.15, -0.1) is 0 Å². The van der Waals surface area contributed by atoms with Gasteiger partial charge in [-0.25, -0.2) is 0 Å². The SMILES string of the molecule is [2H]C([2H])([2H])Oc1ccc(-n2nc3c4ccc(OC)cc4[nH]cc-3c2=O)cc1. The Labute approximate surface area is 141 Å². The second kappa shape index (κ2) is 5.42. The van der Waals surface area contributed by atoms with Gasteiger partial charge in [-0.1, -0.05) is 0 Å². The Morgan fingerprint density at radius 3 is 2.67 bits per heavy atom. The van der Waals surface area contributed by atoms with Crippen LogP contribution in [0.4, 0.5) is 0 Å². The minimum absolute atomic E-state index is 0.189. The van der Waals surface area contributed by atoms with Gasteiger partial charge in [0.15, 0.2) is 0 Å². The molecule has 2 aromatic carbocycles. The highest BCUT2D eigenvalue weighted by Gasteiger charge is 2.19. The van der Waals surface area contributed by atoms with Crippen molar-refractivity contribution < 1.29 is 13.6 Å². The van der Waals surface area contributed by atoms with Gasteiger partial charge in [-0.05, 0) is 36.4 Å². The van der Waals surface area contributed by atoms with Crippen LogP contribution in [0.2, 0.25) is 0 Å². The van der Waals surface area contributed by atoms with E-state index in [-0.39, 0.29) is 11.3 Å². The number of rotatable bonds is 3. The zero-order chi connectivity index (χ0) is 19.2. The highest BCUT2D eigenvalue weighted by atomic mass is 16.5. The lowest BCUT2D eigenvalue weighted by Gasteiger charge is -2.05. The molecule has 0 saturated heterocycles. The van der Waals surface area contributed by atoms with Crippen molar-refractivity contribution in [3.05, 3.63) is 59.0 Å². The monoisotopic (exact) mass is 324 g/mol. The molecule has 6 nitrogen and oxygen atoms in total. The smallest absolute Gasteiger partial charge is 0.282 e. The lowest BCUT2D eigenvalue weighted by Crippen LogP contribution is -2.14. The standard InChI is InChI=1S/C18H15N3O3/c1-23-12-5-3-11(4-6-12)21-18(22)15-10-19-16-9-13(24-2)7-8-14(16)17(15)20-21/h3-10,19H,1-2H3/i1D3. The van der Waals surface area contributed by atoms with Gasteiger partial charge in [0, 0.05) is 17.6 Å². The van der Waals surface area contributed by atoms with Gasteiger partial charge < -0.3 is 14.5 Å². The number of ether oxygens (including phenoxy) is 2. The highest BCUT2D eigenvalue weighted by molar-refractivity contribution is 5.93. The summed E-state index contributed by atoms with van der Waals surface area (Å²) in [5.74, 6) is 0.888. The fourth-order valence-electron chi connectivity index (χ4n) is 2.70. The van der Waals surface area contributed by atoms with Crippen molar-refractivity contribution in [2.45, 2.75) is 0 Å². The molecule has 24 heavy (non-hydrogen) atoms. The number of aromatic nitrogens is 3.